The molecular formula is C8H10F2N2. The van der Waals surface area contributed by atoms with Gasteiger partial charge in [0.25, 0.3) is 0 Å². The maximum absolute atomic E-state index is 12.5. The van der Waals surface area contributed by atoms with Crippen LogP contribution in [0.15, 0.2) is 36.5 Å². The highest BCUT2D eigenvalue weighted by molar-refractivity contribution is 5.78. The van der Waals surface area contributed by atoms with Crippen LogP contribution < -0.4 is 5.73 Å². The molecule has 0 heterocycles. The summed E-state index contributed by atoms with van der Waals surface area (Å²) in [6.07, 6.45) is 2.56. The molecule has 0 aliphatic carbocycles. The smallest absolute Gasteiger partial charge is 0.125 e. The molecule has 0 unspecified atom stereocenters. The van der Waals surface area contributed by atoms with Crippen molar-refractivity contribution < 1.29 is 8.78 Å². The summed E-state index contributed by atoms with van der Waals surface area (Å²) < 4.78 is 24.8. The first kappa shape index (κ1) is 10.6. The first-order valence-corrected chi connectivity index (χ1v) is 3.24. The van der Waals surface area contributed by atoms with E-state index in [2.05, 4.69) is 6.58 Å². The summed E-state index contributed by atoms with van der Waals surface area (Å²) in [4.78, 5) is 0. The molecule has 12 heavy (non-hydrogen) atoms. The van der Waals surface area contributed by atoms with Gasteiger partial charge in [0, 0.05) is 12.5 Å². The van der Waals surface area contributed by atoms with Gasteiger partial charge in [0.15, 0.2) is 0 Å². The molecule has 0 rings (SSSR count). The van der Waals surface area contributed by atoms with E-state index < -0.39 is 11.7 Å². The van der Waals surface area contributed by atoms with Crippen LogP contribution in [0.5, 0.6) is 0 Å². The minimum absolute atomic E-state index is 0.0211. The van der Waals surface area contributed by atoms with Gasteiger partial charge < -0.3 is 5.73 Å². The highest BCUT2D eigenvalue weighted by Gasteiger charge is 1.92. The third kappa shape index (κ3) is 5.34. The zero-order valence-corrected chi connectivity index (χ0v) is 6.48. The number of amidine groups is 1. The molecule has 0 saturated carbocycles. The van der Waals surface area contributed by atoms with E-state index in [1.807, 2.05) is 0 Å². The van der Waals surface area contributed by atoms with Gasteiger partial charge in [-0.15, -0.1) is 0 Å². The SMILES string of the molecule is C=C/C(F)=C\C(F)=C/CC(=N)N. The van der Waals surface area contributed by atoms with Crippen molar-refractivity contribution in [2.75, 3.05) is 0 Å². The maximum atomic E-state index is 12.5. The molecule has 0 aromatic carbocycles. The Morgan fingerprint density at radius 3 is 2.42 bits per heavy atom. The molecule has 0 radical (unpaired) electrons. The lowest BCUT2D eigenvalue weighted by Crippen LogP contribution is -2.07. The number of hydrogen-bond acceptors (Lipinski definition) is 1. The number of nitrogens with two attached hydrogens (primary N) is 1. The Morgan fingerprint density at radius 1 is 1.42 bits per heavy atom. The Hall–Kier alpha value is -1.45. The van der Waals surface area contributed by atoms with Gasteiger partial charge >= 0.3 is 0 Å². The Balaban J connectivity index is 4.19. The largest absolute Gasteiger partial charge is 0.387 e. The minimum atomic E-state index is -0.761. The van der Waals surface area contributed by atoms with Gasteiger partial charge in [-0.2, -0.15) is 0 Å². The van der Waals surface area contributed by atoms with E-state index in [1.165, 1.54) is 0 Å². The van der Waals surface area contributed by atoms with Crippen LogP contribution in [0.2, 0.25) is 0 Å². The lowest BCUT2D eigenvalue weighted by atomic mass is 10.3. The van der Waals surface area contributed by atoms with Gasteiger partial charge in [-0.05, 0) is 12.2 Å². The van der Waals surface area contributed by atoms with Crippen molar-refractivity contribution in [1.29, 1.82) is 5.41 Å². The predicted octanol–water partition coefficient (Wildman–Crippen LogP) is 2.21. The lowest BCUT2D eigenvalue weighted by Gasteiger charge is -1.89. The van der Waals surface area contributed by atoms with Crippen LogP contribution in [0.25, 0.3) is 0 Å². The molecule has 0 atom stereocenters. The molecule has 2 nitrogen and oxygen atoms in total. The summed E-state index contributed by atoms with van der Waals surface area (Å²) in [5.41, 5.74) is 4.94. The third-order valence-corrected chi connectivity index (χ3v) is 0.988. The number of halogens is 2. The van der Waals surface area contributed by atoms with Gasteiger partial charge in [-0.3, -0.25) is 5.41 Å². The van der Waals surface area contributed by atoms with E-state index in [-0.39, 0.29) is 12.3 Å². The van der Waals surface area contributed by atoms with Gasteiger partial charge in [0.2, 0.25) is 0 Å². The summed E-state index contributed by atoms with van der Waals surface area (Å²) in [7, 11) is 0. The standard InChI is InChI=1S/C8H10F2N2/c1-2-6(9)5-7(10)3-4-8(11)12/h2-3,5H,1,4H2,(H3,11,12)/b6-5+,7-3+. The first-order valence-electron chi connectivity index (χ1n) is 3.24. The van der Waals surface area contributed by atoms with Crippen LogP contribution in [0.1, 0.15) is 6.42 Å². The molecule has 4 heteroatoms. The molecule has 0 saturated heterocycles. The normalized spacial score (nSPS) is 12.8. The van der Waals surface area contributed by atoms with E-state index in [0.29, 0.717) is 6.08 Å². The topological polar surface area (TPSA) is 49.9 Å². The fraction of sp³-hybridized carbons (Fsp3) is 0.125. The van der Waals surface area contributed by atoms with Gasteiger partial charge in [-0.1, -0.05) is 6.58 Å². The van der Waals surface area contributed by atoms with Crippen LogP contribution in [0.3, 0.4) is 0 Å². The second-order valence-electron chi connectivity index (χ2n) is 2.05. The molecule has 3 N–H and O–H groups in total. The Morgan fingerprint density at radius 2 is 2.00 bits per heavy atom. The molecular weight excluding hydrogens is 162 g/mol. The zero-order valence-electron chi connectivity index (χ0n) is 6.48. The fourth-order valence-electron chi connectivity index (χ4n) is 0.457. The summed E-state index contributed by atoms with van der Waals surface area (Å²) in [5, 5.41) is 6.75. The summed E-state index contributed by atoms with van der Waals surface area (Å²) in [5.74, 6) is -1.69. The molecule has 0 aliphatic heterocycles. The number of rotatable bonds is 4. The second-order valence-corrected chi connectivity index (χ2v) is 2.05. The van der Waals surface area contributed by atoms with Crippen LogP contribution in [-0.2, 0) is 0 Å². The Bertz CT molecular complexity index is 241. The number of nitrogens with one attached hydrogen (secondary N) is 1. The predicted molar refractivity (Wildman–Crippen MR) is 45.1 cm³/mol. The minimum Gasteiger partial charge on any atom is -0.387 e. The van der Waals surface area contributed by atoms with E-state index in [4.69, 9.17) is 11.1 Å². The zero-order chi connectivity index (χ0) is 9.56. The molecule has 0 aromatic heterocycles. The highest BCUT2D eigenvalue weighted by Crippen LogP contribution is 2.06. The second kappa shape index (κ2) is 5.23. The molecule has 0 aliphatic rings. The van der Waals surface area contributed by atoms with Crippen LogP contribution in [0.4, 0.5) is 8.78 Å². The van der Waals surface area contributed by atoms with Crippen molar-refractivity contribution in [3.8, 4) is 0 Å². The first-order chi connectivity index (χ1) is 5.56. The summed E-state index contributed by atoms with van der Waals surface area (Å²) in [6, 6.07) is 0. The van der Waals surface area contributed by atoms with Crippen LogP contribution >= 0.6 is 0 Å². The van der Waals surface area contributed by atoms with Crippen molar-refractivity contribution in [2.45, 2.75) is 6.42 Å². The Kier molecular flexibility index (Phi) is 4.60. The molecule has 0 spiro atoms. The van der Waals surface area contributed by atoms with E-state index in [0.717, 1.165) is 12.2 Å². The number of hydrogen-bond donors (Lipinski definition) is 2. The molecule has 0 amide bonds. The average molecular weight is 172 g/mol. The van der Waals surface area contributed by atoms with Crippen LogP contribution in [-0.4, -0.2) is 5.84 Å². The van der Waals surface area contributed by atoms with Gasteiger partial charge in [0.1, 0.15) is 11.7 Å². The van der Waals surface area contributed by atoms with Crippen molar-refractivity contribution in [1.82, 2.24) is 0 Å². The monoisotopic (exact) mass is 172 g/mol. The fourth-order valence-corrected chi connectivity index (χ4v) is 0.457. The van der Waals surface area contributed by atoms with Gasteiger partial charge in [-0.25, -0.2) is 8.78 Å². The van der Waals surface area contributed by atoms with E-state index in [9.17, 15) is 8.78 Å². The Labute approximate surface area is 69.6 Å². The van der Waals surface area contributed by atoms with Crippen molar-refractivity contribution in [3.05, 3.63) is 36.5 Å². The summed E-state index contributed by atoms with van der Waals surface area (Å²) in [6.45, 7) is 3.10. The highest BCUT2D eigenvalue weighted by atomic mass is 19.1. The van der Waals surface area contributed by atoms with Gasteiger partial charge in [0.05, 0.1) is 5.84 Å². The molecule has 0 bridgehead atoms. The van der Waals surface area contributed by atoms with E-state index in [1.54, 1.807) is 0 Å². The van der Waals surface area contributed by atoms with Crippen molar-refractivity contribution in [3.63, 3.8) is 0 Å². The van der Waals surface area contributed by atoms with E-state index >= 15 is 0 Å². The van der Waals surface area contributed by atoms with Crippen molar-refractivity contribution in [2.24, 2.45) is 5.73 Å². The number of allylic oxidation sites excluding steroid dienone is 4. The lowest BCUT2D eigenvalue weighted by molar-refractivity contribution is 0.629. The molecule has 66 valence electrons. The quantitative estimate of drug-likeness (QED) is 0.381. The maximum Gasteiger partial charge on any atom is 0.125 e. The molecule has 0 aromatic rings. The third-order valence-electron chi connectivity index (χ3n) is 0.988. The average Bonchev–Trinajstić information content (AvgIpc) is 2.00. The molecule has 0 fully saturated rings. The summed E-state index contributed by atoms with van der Waals surface area (Å²) >= 11 is 0. The van der Waals surface area contributed by atoms with Crippen LogP contribution in [0, 0.1) is 5.41 Å². The van der Waals surface area contributed by atoms with Crippen molar-refractivity contribution >= 4 is 5.84 Å².